The fraction of sp³-hybridized carbons (Fsp3) is 0.571. The molecule has 2 aliphatic rings. The van der Waals surface area contributed by atoms with Crippen LogP contribution in [0.2, 0.25) is 0 Å². The molecule has 0 saturated carbocycles. The predicted molar refractivity (Wildman–Crippen MR) is 71.5 cm³/mol. The Bertz CT molecular complexity index is 565. The fourth-order valence-electron chi connectivity index (χ4n) is 2.74. The summed E-state index contributed by atoms with van der Waals surface area (Å²) in [5.74, 6) is -0.520. The van der Waals surface area contributed by atoms with E-state index in [0.29, 0.717) is 44.7 Å². The first kappa shape index (κ1) is 13.3. The van der Waals surface area contributed by atoms with Crippen molar-refractivity contribution in [2.75, 3.05) is 26.3 Å². The summed E-state index contributed by atoms with van der Waals surface area (Å²) in [5.41, 5.74) is 0.420. The van der Waals surface area contributed by atoms with Crippen molar-refractivity contribution in [1.82, 2.24) is 9.47 Å². The minimum atomic E-state index is -0.472. The molecular weight excluding hydrogens is 260 g/mol. The highest BCUT2D eigenvalue weighted by molar-refractivity contribution is 5.93. The van der Waals surface area contributed by atoms with Crippen LogP contribution < -0.4 is 5.56 Å². The standard InChI is InChI=1S/C14H18N2O4/c1-15-10-11(2-3-12(15)17)13(18)16-6-4-14(5-7-16)19-8-9-20-14/h2-3,10H,4-9H2,1H3. The van der Waals surface area contributed by atoms with Crippen molar-refractivity contribution in [3.63, 3.8) is 0 Å². The smallest absolute Gasteiger partial charge is 0.255 e. The van der Waals surface area contributed by atoms with Gasteiger partial charge in [0.05, 0.1) is 18.8 Å². The summed E-state index contributed by atoms with van der Waals surface area (Å²) in [5, 5.41) is 0. The first-order chi connectivity index (χ1) is 9.60. The van der Waals surface area contributed by atoms with Crippen LogP contribution in [-0.4, -0.2) is 47.5 Å². The lowest BCUT2D eigenvalue weighted by molar-refractivity contribution is -0.181. The van der Waals surface area contributed by atoms with Gasteiger partial charge in [0.15, 0.2) is 5.79 Å². The van der Waals surface area contributed by atoms with E-state index >= 15 is 0 Å². The maximum atomic E-state index is 12.4. The molecule has 0 N–H and O–H groups in total. The van der Waals surface area contributed by atoms with E-state index in [2.05, 4.69) is 0 Å². The second-order valence-corrected chi connectivity index (χ2v) is 5.27. The zero-order chi connectivity index (χ0) is 14.2. The van der Waals surface area contributed by atoms with Crippen LogP contribution in [-0.2, 0) is 16.5 Å². The lowest BCUT2D eigenvalue weighted by Gasteiger charge is -2.37. The zero-order valence-corrected chi connectivity index (χ0v) is 11.5. The number of carbonyl (C=O) groups is 1. The maximum Gasteiger partial charge on any atom is 0.255 e. The Kier molecular flexibility index (Phi) is 3.35. The topological polar surface area (TPSA) is 60.8 Å². The van der Waals surface area contributed by atoms with Gasteiger partial charge in [-0.1, -0.05) is 0 Å². The second kappa shape index (κ2) is 5.03. The van der Waals surface area contributed by atoms with E-state index in [1.807, 2.05) is 0 Å². The third kappa shape index (κ3) is 2.36. The van der Waals surface area contributed by atoms with E-state index in [1.165, 1.54) is 10.6 Å². The van der Waals surface area contributed by atoms with E-state index in [9.17, 15) is 9.59 Å². The summed E-state index contributed by atoms with van der Waals surface area (Å²) in [4.78, 5) is 25.5. The highest BCUT2D eigenvalue weighted by Crippen LogP contribution is 2.31. The van der Waals surface area contributed by atoms with Gasteiger partial charge in [0.2, 0.25) is 5.56 Å². The molecule has 2 fully saturated rings. The molecule has 2 aliphatic heterocycles. The molecule has 3 heterocycles. The molecule has 20 heavy (non-hydrogen) atoms. The summed E-state index contributed by atoms with van der Waals surface area (Å²) in [6.07, 6.45) is 2.98. The molecule has 0 unspecified atom stereocenters. The summed E-state index contributed by atoms with van der Waals surface area (Å²) in [7, 11) is 1.64. The Hall–Kier alpha value is -1.66. The number of amides is 1. The number of piperidine rings is 1. The number of rotatable bonds is 1. The number of hydrogen-bond donors (Lipinski definition) is 0. The van der Waals surface area contributed by atoms with Gasteiger partial charge in [-0.25, -0.2) is 0 Å². The number of nitrogens with zero attached hydrogens (tertiary/aromatic N) is 2. The van der Waals surface area contributed by atoms with E-state index in [-0.39, 0.29) is 11.5 Å². The van der Waals surface area contributed by atoms with Crippen LogP contribution in [0.3, 0.4) is 0 Å². The van der Waals surface area contributed by atoms with Crippen molar-refractivity contribution in [2.45, 2.75) is 18.6 Å². The van der Waals surface area contributed by atoms with Crippen molar-refractivity contribution in [1.29, 1.82) is 0 Å². The van der Waals surface area contributed by atoms with Gasteiger partial charge in [0.25, 0.3) is 5.91 Å². The quantitative estimate of drug-likeness (QED) is 0.744. The van der Waals surface area contributed by atoms with Crippen LogP contribution in [0.15, 0.2) is 23.1 Å². The molecule has 108 valence electrons. The van der Waals surface area contributed by atoms with E-state index in [4.69, 9.17) is 9.47 Å². The molecule has 2 saturated heterocycles. The van der Waals surface area contributed by atoms with Crippen molar-refractivity contribution < 1.29 is 14.3 Å². The molecule has 0 radical (unpaired) electrons. The molecule has 6 nitrogen and oxygen atoms in total. The number of carbonyl (C=O) groups excluding carboxylic acids is 1. The highest BCUT2D eigenvalue weighted by atomic mass is 16.7. The molecule has 3 rings (SSSR count). The van der Waals surface area contributed by atoms with E-state index < -0.39 is 5.79 Å². The first-order valence-electron chi connectivity index (χ1n) is 6.84. The molecule has 0 bridgehead atoms. The second-order valence-electron chi connectivity index (χ2n) is 5.27. The molecule has 1 spiro atoms. The number of hydrogen-bond acceptors (Lipinski definition) is 4. The van der Waals surface area contributed by atoms with Gasteiger partial charge < -0.3 is 18.9 Å². The van der Waals surface area contributed by atoms with Crippen LogP contribution in [0.4, 0.5) is 0 Å². The average molecular weight is 278 g/mol. The molecule has 1 aromatic rings. The predicted octanol–water partition coefficient (Wildman–Crippen LogP) is 0.364. The molecule has 0 aromatic carbocycles. The molecule has 0 aliphatic carbocycles. The Morgan fingerprint density at radius 2 is 1.85 bits per heavy atom. The molecule has 6 heteroatoms. The molecular formula is C14H18N2O4. The molecule has 1 aromatic heterocycles. The summed E-state index contributed by atoms with van der Waals surface area (Å²) < 4.78 is 12.7. The lowest BCUT2D eigenvalue weighted by atomic mass is 10.0. The first-order valence-corrected chi connectivity index (χ1v) is 6.84. The fourth-order valence-corrected chi connectivity index (χ4v) is 2.74. The van der Waals surface area contributed by atoms with Gasteiger partial charge in [0.1, 0.15) is 0 Å². The van der Waals surface area contributed by atoms with Crippen LogP contribution in [0.1, 0.15) is 23.2 Å². The Balaban J connectivity index is 1.69. The van der Waals surface area contributed by atoms with E-state index in [0.717, 1.165) is 0 Å². The normalized spacial score (nSPS) is 21.4. The monoisotopic (exact) mass is 278 g/mol. The van der Waals surface area contributed by atoms with Gasteiger partial charge in [-0.15, -0.1) is 0 Å². The SMILES string of the molecule is Cn1cc(C(=O)N2CCC3(CC2)OCCO3)ccc1=O. The third-order valence-electron chi connectivity index (χ3n) is 3.96. The van der Waals surface area contributed by atoms with Crippen LogP contribution in [0, 0.1) is 0 Å². The van der Waals surface area contributed by atoms with Crippen LogP contribution in [0.5, 0.6) is 0 Å². The van der Waals surface area contributed by atoms with Crippen molar-refractivity contribution in [2.24, 2.45) is 7.05 Å². The number of likely N-dealkylation sites (tertiary alicyclic amines) is 1. The number of pyridine rings is 1. The Morgan fingerprint density at radius 3 is 2.45 bits per heavy atom. The summed E-state index contributed by atoms with van der Waals surface area (Å²) in [6.45, 7) is 2.49. The van der Waals surface area contributed by atoms with Gasteiger partial charge in [-0.05, 0) is 6.07 Å². The van der Waals surface area contributed by atoms with Crippen molar-refractivity contribution in [3.05, 3.63) is 34.2 Å². The number of aryl methyl sites for hydroxylation is 1. The minimum absolute atomic E-state index is 0.0477. The number of aromatic nitrogens is 1. The molecule has 0 atom stereocenters. The third-order valence-corrected chi connectivity index (χ3v) is 3.96. The average Bonchev–Trinajstić information content (AvgIpc) is 2.90. The van der Waals surface area contributed by atoms with Gasteiger partial charge in [-0.3, -0.25) is 9.59 Å². The van der Waals surface area contributed by atoms with Crippen molar-refractivity contribution >= 4 is 5.91 Å². The van der Waals surface area contributed by atoms with Gasteiger partial charge in [-0.2, -0.15) is 0 Å². The Morgan fingerprint density at radius 1 is 1.20 bits per heavy atom. The highest BCUT2D eigenvalue weighted by Gasteiger charge is 2.40. The van der Waals surface area contributed by atoms with E-state index in [1.54, 1.807) is 24.2 Å². The van der Waals surface area contributed by atoms with Gasteiger partial charge in [0, 0.05) is 45.2 Å². The summed E-state index contributed by atoms with van der Waals surface area (Å²) in [6, 6.07) is 3.00. The van der Waals surface area contributed by atoms with Gasteiger partial charge >= 0.3 is 0 Å². The van der Waals surface area contributed by atoms with Crippen LogP contribution in [0.25, 0.3) is 0 Å². The van der Waals surface area contributed by atoms with Crippen molar-refractivity contribution in [3.8, 4) is 0 Å². The van der Waals surface area contributed by atoms with Crippen LogP contribution >= 0.6 is 0 Å². The molecule has 1 amide bonds. The largest absolute Gasteiger partial charge is 0.347 e. The minimum Gasteiger partial charge on any atom is -0.347 e. The maximum absolute atomic E-state index is 12.4. The zero-order valence-electron chi connectivity index (χ0n) is 11.5. The Labute approximate surface area is 116 Å². The summed E-state index contributed by atoms with van der Waals surface area (Å²) >= 11 is 0. The number of ether oxygens (including phenoxy) is 2. The lowest BCUT2D eigenvalue weighted by Crippen LogP contribution is -2.47.